The molecule has 110 valence electrons. The number of aromatic nitrogens is 2. The van der Waals surface area contributed by atoms with Crippen LogP contribution in [0.1, 0.15) is 11.1 Å². The second kappa shape index (κ2) is 5.95. The standard InChI is InChI=1S/C17H15ClN4/c18-14(15(19)11-7-3-1-4-8-11)13-16(21-22-17(13)20)12-9-5-2-6-10-12/h1-10H,19H2,(H3,20,21,22)/b15-14+. The largest absolute Gasteiger partial charge is 0.397 e. The van der Waals surface area contributed by atoms with Gasteiger partial charge in [0.2, 0.25) is 0 Å². The lowest BCUT2D eigenvalue weighted by Gasteiger charge is -2.08. The molecule has 0 bridgehead atoms. The maximum atomic E-state index is 6.51. The van der Waals surface area contributed by atoms with Crippen LogP contribution in [0.4, 0.5) is 5.82 Å². The topological polar surface area (TPSA) is 80.7 Å². The molecule has 0 aliphatic heterocycles. The van der Waals surface area contributed by atoms with Crippen LogP contribution in [-0.2, 0) is 0 Å². The maximum absolute atomic E-state index is 6.51. The van der Waals surface area contributed by atoms with E-state index in [9.17, 15) is 0 Å². The van der Waals surface area contributed by atoms with Crippen molar-refractivity contribution in [1.29, 1.82) is 0 Å². The van der Waals surface area contributed by atoms with Crippen molar-refractivity contribution < 1.29 is 0 Å². The van der Waals surface area contributed by atoms with Crippen LogP contribution in [0.5, 0.6) is 0 Å². The van der Waals surface area contributed by atoms with Crippen LogP contribution in [-0.4, -0.2) is 10.2 Å². The van der Waals surface area contributed by atoms with Crippen LogP contribution >= 0.6 is 11.6 Å². The normalized spacial score (nSPS) is 12.0. The van der Waals surface area contributed by atoms with Gasteiger partial charge in [-0.2, -0.15) is 5.10 Å². The number of hydrogen-bond acceptors (Lipinski definition) is 3. The van der Waals surface area contributed by atoms with Crippen molar-refractivity contribution in [3.05, 3.63) is 71.8 Å². The second-order valence-electron chi connectivity index (χ2n) is 4.82. The van der Waals surface area contributed by atoms with Gasteiger partial charge in [-0.1, -0.05) is 72.3 Å². The SMILES string of the molecule is N/C(=C(/Cl)c1c(-c2ccccc2)n[nH]c1N)c1ccccc1. The zero-order valence-corrected chi connectivity index (χ0v) is 12.5. The molecule has 0 atom stereocenters. The predicted octanol–water partition coefficient (Wildman–Crippen LogP) is 3.68. The molecular weight excluding hydrogens is 296 g/mol. The minimum atomic E-state index is 0.385. The van der Waals surface area contributed by atoms with Gasteiger partial charge in [0.15, 0.2) is 0 Å². The molecule has 3 rings (SSSR count). The highest BCUT2D eigenvalue weighted by atomic mass is 35.5. The monoisotopic (exact) mass is 310 g/mol. The highest BCUT2D eigenvalue weighted by Crippen LogP contribution is 2.36. The Morgan fingerprint density at radius 1 is 0.955 bits per heavy atom. The molecule has 1 aromatic heterocycles. The van der Waals surface area contributed by atoms with E-state index in [0.717, 1.165) is 11.1 Å². The molecule has 4 nitrogen and oxygen atoms in total. The third-order valence-electron chi connectivity index (χ3n) is 3.38. The first-order valence-electron chi connectivity index (χ1n) is 6.78. The quantitative estimate of drug-likeness (QED) is 0.690. The Morgan fingerprint density at radius 2 is 1.55 bits per heavy atom. The summed E-state index contributed by atoms with van der Waals surface area (Å²) in [7, 11) is 0. The van der Waals surface area contributed by atoms with E-state index in [-0.39, 0.29) is 0 Å². The Labute approximate surface area is 133 Å². The molecule has 0 aliphatic rings. The highest BCUT2D eigenvalue weighted by Gasteiger charge is 2.18. The smallest absolute Gasteiger partial charge is 0.128 e. The minimum absolute atomic E-state index is 0.385. The Balaban J connectivity index is 2.15. The van der Waals surface area contributed by atoms with Gasteiger partial charge in [0.05, 0.1) is 16.3 Å². The number of halogens is 1. The molecule has 0 radical (unpaired) electrons. The average molecular weight is 311 g/mol. The first-order chi connectivity index (χ1) is 10.7. The first-order valence-corrected chi connectivity index (χ1v) is 7.16. The molecule has 0 fully saturated rings. The van der Waals surface area contributed by atoms with Crippen molar-refractivity contribution in [3.8, 4) is 11.3 Å². The number of nitrogen functional groups attached to an aromatic ring is 1. The molecular formula is C17H15ClN4. The van der Waals surface area contributed by atoms with Gasteiger partial charge in [-0.05, 0) is 5.56 Å². The van der Waals surface area contributed by atoms with Crippen LogP contribution < -0.4 is 11.5 Å². The van der Waals surface area contributed by atoms with Crippen molar-refractivity contribution in [1.82, 2.24) is 10.2 Å². The molecule has 0 amide bonds. The summed E-state index contributed by atoms with van der Waals surface area (Å²) in [6, 6.07) is 19.2. The number of aromatic amines is 1. The van der Waals surface area contributed by atoms with Crippen molar-refractivity contribution in [2.75, 3.05) is 5.73 Å². The first kappa shape index (κ1) is 14.2. The molecule has 1 heterocycles. The number of rotatable bonds is 3. The molecule has 22 heavy (non-hydrogen) atoms. The van der Waals surface area contributed by atoms with Gasteiger partial charge in [-0.3, -0.25) is 5.10 Å². The predicted molar refractivity (Wildman–Crippen MR) is 91.7 cm³/mol. The second-order valence-corrected chi connectivity index (χ2v) is 5.20. The van der Waals surface area contributed by atoms with Crippen LogP contribution in [0.15, 0.2) is 60.7 Å². The lowest BCUT2D eigenvalue weighted by molar-refractivity contribution is 1.10. The summed E-state index contributed by atoms with van der Waals surface area (Å²) in [5, 5.41) is 7.42. The Hall–Kier alpha value is -2.72. The third-order valence-corrected chi connectivity index (χ3v) is 3.77. The minimum Gasteiger partial charge on any atom is -0.397 e. The number of nitrogens with one attached hydrogen (secondary N) is 1. The Kier molecular flexibility index (Phi) is 3.85. The van der Waals surface area contributed by atoms with Crippen LogP contribution in [0.25, 0.3) is 22.0 Å². The fourth-order valence-corrected chi connectivity index (χ4v) is 2.56. The van der Waals surface area contributed by atoms with E-state index < -0.39 is 0 Å². The fourth-order valence-electron chi connectivity index (χ4n) is 2.26. The van der Waals surface area contributed by atoms with Crippen molar-refractivity contribution in [2.45, 2.75) is 0 Å². The fraction of sp³-hybridized carbons (Fsp3) is 0. The van der Waals surface area contributed by atoms with E-state index in [0.29, 0.717) is 27.8 Å². The van der Waals surface area contributed by atoms with Gasteiger partial charge in [0.1, 0.15) is 11.5 Å². The van der Waals surface area contributed by atoms with Gasteiger partial charge in [0, 0.05) is 5.56 Å². The van der Waals surface area contributed by atoms with Crippen molar-refractivity contribution in [2.24, 2.45) is 5.73 Å². The van der Waals surface area contributed by atoms with Crippen LogP contribution in [0.2, 0.25) is 0 Å². The van der Waals surface area contributed by atoms with Gasteiger partial charge < -0.3 is 11.5 Å². The molecule has 0 saturated heterocycles. The Bertz CT molecular complexity index is 807. The molecule has 5 heteroatoms. The third kappa shape index (κ3) is 2.56. The maximum Gasteiger partial charge on any atom is 0.128 e. The highest BCUT2D eigenvalue weighted by molar-refractivity contribution is 6.53. The zero-order valence-electron chi connectivity index (χ0n) is 11.8. The molecule has 0 spiro atoms. The van der Waals surface area contributed by atoms with Crippen LogP contribution in [0, 0.1) is 0 Å². The summed E-state index contributed by atoms with van der Waals surface area (Å²) in [6.07, 6.45) is 0. The van der Waals surface area contributed by atoms with E-state index in [1.165, 1.54) is 0 Å². The van der Waals surface area contributed by atoms with Crippen LogP contribution in [0.3, 0.4) is 0 Å². The molecule has 2 aromatic carbocycles. The van der Waals surface area contributed by atoms with E-state index in [1.54, 1.807) is 0 Å². The van der Waals surface area contributed by atoms with Gasteiger partial charge in [-0.25, -0.2) is 0 Å². The number of benzene rings is 2. The van der Waals surface area contributed by atoms with E-state index >= 15 is 0 Å². The van der Waals surface area contributed by atoms with Crippen molar-refractivity contribution in [3.63, 3.8) is 0 Å². The summed E-state index contributed by atoms with van der Waals surface area (Å²) in [5.74, 6) is 0.391. The number of H-pyrrole nitrogens is 1. The van der Waals surface area contributed by atoms with E-state index in [2.05, 4.69) is 10.2 Å². The summed E-state index contributed by atoms with van der Waals surface area (Å²) >= 11 is 6.51. The molecule has 5 N–H and O–H groups in total. The number of anilines is 1. The van der Waals surface area contributed by atoms with Gasteiger partial charge in [-0.15, -0.1) is 0 Å². The van der Waals surface area contributed by atoms with E-state index in [1.807, 2.05) is 60.7 Å². The van der Waals surface area contributed by atoms with Crippen molar-refractivity contribution >= 4 is 28.1 Å². The molecule has 0 unspecified atom stereocenters. The lowest BCUT2D eigenvalue weighted by atomic mass is 10.0. The van der Waals surface area contributed by atoms with Gasteiger partial charge in [0.25, 0.3) is 0 Å². The lowest BCUT2D eigenvalue weighted by Crippen LogP contribution is -2.00. The summed E-state index contributed by atoms with van der Waals surface area (Å²) in [5.41, 5.74) is 15.7. The number of hydrogen-bond donors (Lipinski definition) is 3. The molecule has 0 aliphatic carbocycles. The number of nitrogens with zero attached hydrogens (tertiary/aromatic N) is 1. The van der Waals surface area contributed by atoms with Gasteiger partial charge >= 0.3 is 0 Å². The zero-order chi connectivity index (χ0) is 15.5. The Morgan fingerprint density at radius 3 is 2.18 bits per heavy atom. The molecule has 3 aromatic rings. The summed E-state index contributed by atoms with van der Waals surface area (Å²) in [4.78, 5) is 0. The molecule has 0 saturated carbocycles. The number of nitrogens with two attached hydrogens (primary N) is 2. The van der Waals surface area contributed by atoms with E-state index in [4.69, 9.17) is 23.1 Å². The average Bonchev–Trinajstić information content (AvgIpc) is 2.96. The summed E-state index contributed by atoms with van der Waals surface area (Å²) in [6.45, 7) is 0. The summed E-state index contributed by atoms with van der Waals surface area (Å²) < 4.78 is 0.